The summed E-state index contributed by atoms with van der Waals surface area (Å²) in [6.07, 6.45) is 4.12. The summed E-state index contributed by atoms with van der Waals surface area (Å²) in [6, 6.07) is 9.65. The van der Waals surface area contributed by atoms with Crippen molar-refractivity contribution < 1.29 is 4.79 Å². The number of hydrogen-bond acceptors (Lipinski definition) is 5. The number of aromatic nitrogens is 2. The van der Waals surface area contributed by atoms with Crippen LogP contribution >= 0.6 is 11.8 Å². The molecule has 0 bridgehead atoms. The van der Waals surface area contributed by atoms with Crippen LogP contribution in [-0.4, -0.2) is 26.8 Å². The molecule has 6 nitrogen and oxygen atoms in total. The Labute approximate surface area is 169 Å². The molecule has 1 amide bonds. The van der Waals surface area contributed by atoms with Crippen molar-refractivity contribution in [3.05, 3.63) is 34.6 Å². The molecular weight excluding hydrogens is 372 g/mol. The van der Waals surface area contributed by atoms with Gasteiger partial charge in [-0.1, -0.05) is 50.6 Å². The van der Waals surface area contributed by atoms with Crippen molar-refractivity contribution in [3.8, 4) is 6.07 Å². The molecule has 0 radical (unpaired) electrons. The predicted octanol–water partition coefficient (Wildman–Crippen LogP) is 3.66. The predicted molar refractivity (Wildman–Crippen MR) is 111 cm³/mol. The molecule has 0 saturated heterocycles. The van der Waals surface area contributed by atoms with Gasteiger partial charge < -0.3 is 5.32 Å². The third-order valence-electron chi connectivity index (χ3n) is 5.58. The lowest BCUT2D eigenvalue weighted by atomic mass is 9.90. The molecule has 1 aliphatic rings. The molecule has 148 valence electrons. The highest BCUT2D eigenvalue weighted by atomic mass is 32.2. The highest BCUT2D eigenvalue weighted by Gasteiger charge is 2.30. The van der Waals surface area contributed by atoms with Crippen LogP contribution in [0.3, 0.4) is 0 Å². The molecule has 3 rings (SSSR count). The monoisotopic (exact) mass is 398 g/mol. The van der Waals surface area contributed by atoms with E-state index in [2.05, 4.69) is 16.4 Å². The molecule has 0 unspecified atom stereocenters. The van der Waals surface area contributed by atoms with Crippen LogP contribution in [0.25, 0.3) is 10.9 Å². The number of thioether (sulfide) groups is 1. The maximum atomic E-state index is 13.1. The minimum atomic E-state index is -0.917. The summed E-state index contributed by atoms with van der Waals surface area (Å²) in [5, 5.41) is 13.4. The molecule has 28 heavy (non-hydrogen) atoms. The number of nitriles is 1. The summed E-state index contributed by atoms with van der Waals surface area (Å²) in [5.74, 6) is -0.133. The van der Waals surface area contributed by atoms with Crippen molar-refractivity contribution in [2.24, 2.45) is 5.92 Å². The number of benzene rings is 1. The summed E-state index contributed by atoms with van der Waals surface area (Å²) >= 11 is 1.26. The zero-order valence-corrected chi connectivity index (χ0v) is 17.4. The van der Waals surface area contributed by atoms with E-state index in [-0.39, 0.29) is 29.2 Å². The topological polar surface area (TPSA) is 87.8 Å². The summed E-state index contributed by atoms with van der Waals surface area (Å²) in [6.45, 7) is 5.53. The van der Waals surface area contributed by atoms with Crippen molar-refractivity contribution in [1.82, 2.24) is 14.9 Å². The molecule has 1 aromatic carbocycles. The van der Waals surface area contributed by atoms with E-state index in [1.54, 1.807) is 17.6 Å². The fourth-order valence-electron chi connectivity index (χ4n) is 3.47. The molecule has 1 saturated carbocycles. The van der Waals surface area contributed by atoms with Gasteiger partial charge in [0.05, 0.1) is 22.7 Å². The highest BCUT2D eigenvalue weighted by molar-refractivity contribution is 7.99. The minimum absolute atomic E-state index is 0.0121. The molecular formula is C21H26N4O2S. The number of fused-ring (bicyclic) bond motifs is 1. The molecule has 1 fully saturated rings. The van der Waals surface area contributed by atoms with Gasteiger partial charge in [-0.15, -0.1) is 0 Å². The van der Waals surface area contributed by atoms with Crippen LogP contribution in [0.1, 0.15) is 52.5 Å². The first-order valence-corrected chi connectivity index (χ1v) is 10.7. The van der Waals surface area contributed by atoms with Crippen molar-refractivity contribution >= 4 is 28.6 Å². The molecule has 0 aliphatic heterocycles. The van der Waals surface area contributed by atoms with Crippen molar-refractivity contribution in [2.45, 2.75) is 63.2 Å². The molecule has 1 aromatic heterocycles. The molecule has 1 atom stereocenters. The molecule has 1 aliphatic carbocycles. The number of amides is 1. The fourth-order valence-corrected chi connectivity index (χ4v) is 4.34. The van der Waals surface area contributed by atoms with Gasteiger partial charge in [0, 0.05) is 6.04 Å². The molecule has 0 spiro atoms. The zero-order valence-electron chi connectivity index (χ0n) is 16.6. The second-order valence-electron chi connectivity index (χ2n) is 7.83. The first-order valence-electron chi connectivity index (χ1n) is 9.72. The second-order valence-corrected chi connectivity index (χ2v) is 8.77. The SMILES string of the molecule is CC(C)[C@](C)(C#N)NC(=O)CSc1nc2ccccc2c(=O)n1C1CCCC1. The maximum absolute atomic E-state index is 13.1. The van der Waals surface area contributed by atoms with E-state index in [1.165, 1.54) is 11.8 Å². The number of carbonyl (C=O) groups excluding carboxylic acids is 1. The van der Waals surface area contributed by atoms with Crippen LogP contribution in [0.4, 0.5) is 0 Å². The van der Waals surface area contributed by atoms with Gasteiger partial charge in [-0.3, -0.25) is 14.2 Å². The number of nitrogens with zero attached hydrogens (tertiary/aromatic N) is 3. The molecule has 1 N–H and O–H groups in total. The van der Waals surface area contributed by atoms with Crippen LogP contribution < -0.4 is 10.9 Å². The first kappa shape index (κ1) is 20.4. The first-order chi connectivity index (χ1) is 13.4. The Kier molecular flexibility index (Phi) is 6.09. The van der Waals surface area contributed by atoms with Crippen molar-refractivity contribution in [2.75, 3.05) is 5.75 Å². The van der Waals surface area contributed by atoms with Crippen LogP contribution in [0.15, 0.2) is 34.2 Å². The van der Waals surface area contributed by atoms with Crippen LogP contribution in [0.2, 0.25) is 0 Å². The van der Waals surface area contributed by atoms with E-state index in [4.69, 9.17) is 0 Å². The highest BCUT2D eigenvalue weighted by Crippen LogP contribution is 2.32. The summed E-state index contributed by atoms with van der Waals surface area (Å²) in [5.41, 5.74) is -0.308. The van der Waals surface area contributed by atoms with Gasteiger partial charge in [0.15, 0.2) is 5.16 Å². The van der Waals surface area contributed by atoms with Gasteiger partial charge in [0.2, 0.25) is 5.91 Å². The summed E-state index contributed by atoms with van der Waals surface area (Å²) < 4.78 is 1.78. The minimum Gasteiger partial charge on any atom is -0.337 e. The van der Waals surface area contributed by atoms with Gasteiger partial charge in [0.1, 0.15) is 5.54 Å². The lowest BCUT2D eigenvalue weighted by Gasteiger charge is -2.27. The number of carbonyl (C=O) groups is 1. The van der Waals surface area contributed by atoms with Crippen LogP contribution in [-0.2, 0) is 4.79 Å². The van der Waals surface area contributed by atoms with Crippen molar-refractivity contribution in [3.63, 3.8) is 0 Å². The standard InChI is InChI=1S/C21H26N4O2S/c1-14(2)21(3,13-22)24-18(26)12-28-20-23-17-11-7-6-10-16(17)19(27)25(20)15-8-4-5-9-15/h6-7,10-11,14-15H,4-5,8-9,12H2,1-3H3,(H,24,26)/t21-/m0/s1. The number of rotatable bonds is 6. The Morgan fingerprint density at radius 1 is 1.39 bits per heavy atom. The van der Waals surface area contributed by atoms with E-state index in [1.807, 2.05) is 32.0 Å². The summed E-state index contributed by atoms with van der Waals surface area (Å²) in [7, 11) is 0. The van der Waals surface area contributed by atoms with Gasteiger partial charge in [-0.05, 0) is 37.8 Å². The van der Waals surface area contributed by atoms with E-state index in [9.17, 15) is 14.9 Å². The lowest BCUT2D eigenvalue weighted by Crippen LogP contribution is -2.49. The van der Waals surface area contributed by atoms with E-state index in [0.29, 0.717) is 16.1 Å². The summed E-state index contributed by atoms with van der Waals surface area (Å²) in [4.78, 5) is 30.3. The van der Waals surface area contributed by atoms with E-state index in [0.717, 1.165) is 25.7 Å². The molecule has 2 aromatic rings. The normalized spacial score (nSPS) is 16.8. The van der Waals surface area contributed by atoms with Crippen LogP contribution in [0, 0.1) is 17.2 Å². The van der Waals surface area contributed by atoms with Crippen molar-refractivity contribution in [1.29, 1.82) is 5.26 Å². The molecule has 1 heterocycles. The van der Waals surface area contributed by atoms with Gasteiger partial charge in [-0.25, -0.2) is 4.98 Å². The van der Waals surface area contributed by atoms with Gasteiger partial charge in [0.25, 0.3) is 5.56 Å². The average Bonchev–Trinajstić information content (AvgIpc) is 3.20. The maximum Gasteiger partial charge on any atom is 0.262 e. The zero-order chi connectivity index (χ0) is 20.3. The smallest absolute Gasteiger partial charge is 0.262 e. The average molecular weight is 399 g/mol. The molecule has 7 heteroatoms. The largest absolute Gasteiger partial charge is 0.337 e. The van der Waals surface area contributed by atoms with Crippen LogP contribution in [0.5, 0.6) is 0 Å². The lowest BCUT2D eigenvalue weighted by molar-refractivity contribution is -0.120. The number of hydrogen-bond donors (Lipinski definition) is 1. The Hall–Kier alpha value is -2.33. The third-order valence-corrected chi connectivity index (χ3v) is 6.54. The van der Waals surface area contributed by atoms with Gasteiger partial charge >= 0.3 is 0 Å². The number of para-hydroxylation sites is 1. The Balaban J connectivity index is 1.88. The third kappa shape index (κ3) is 4.07. The number of nitrogens with one attached hydrogen (secondary N) is 1. The second kappa shape index (κ2) is 8.36. The Morgan fingerprint density at radius 2 is 2.07 bits per heavy atom. The van der Waals surface area contributed by atoms with Gasteiger partial charge in [-0.2, -0.15) is 5.26 Å². The van der Waals surface area contributed by atoms with E-state index < -0.39 is 5.54 Å². The Bertz CT molecular complexity index is 973. The quantitative estimate of drug-likeness (QED) is 0.593. The fraction of sp³-hybridized carbons (Fsp3) is 0.524. The van der Waals surface area contributed by atoms with E-state index >= 15 is 0 Å². The Morgan fingerprint density at radius 3 is 2.71 bits per heavy atom.